The number of rotatable bonds is 4. The van der Waals surface area contributed by atoms with E-state index in [0.29, 0.717) is 6.04 Å². The van der Waals surface area contributed by atoms with Crippen molar-refractivity contribution in [2.45, 2.75) is 38.5 Å². The first kappa shape index (κ1) is 20.4. The number of pyridine rings is 1. The van der Waals surface area contributed by atoms with E-state index in [1.165, 1.54) is 0 Å². The first-order valence-electron chi connectivity index (χ1n) is 11.7. The number of hydrogen-bond donors (Lipinski definition) is 0. The molecule has 4 aromatic heterocycles. The molecule has 1 unspecified atom stereocenters. The Morgan fingerprint density at radius 1 is 1.03 bits per heavy atom. The average Bonchev–Trinajstić information content (AvgIpc) is 3.58. The lowest BCUT2D eigenvalue weighted by molar-refractivity contribution is -0.0384. The van der Waals surface area contributed by atoms with Crippen molar-refractivity contribution in [3.63, 3.8) is 0 Å². The molecule has 33 heavy (non-hydrogen) atoms. The number of nitrogens with zero attached hydrogens (tertiary/aromatic N) is 7. The van der Waals surface area contributed by atoms with Gasteiger partial charge in [0.15, 0.2) is 6.23 Å². The van der Waals surface area contributed by atoms with Crippen molar-refractivity contribution in [3.8, 4) is 22.6 Å². The molecule has 9 nitrogen and oxygen atoms in total. The number of aryl methyl sites for hydroxylation is 1. The molecule has 0 radical (unpaired) electrons. The van der Waals surface area contributed by atoms with Crippen molar-refractivity contribution in [3.05, 3.63) is 43.0 Å². The van der Waals surface area contributed by atoms with E-state index in [0.717, 1.165) is 79.6 Å². The highest BCUT2D eigenvalue weighted by molar-refractivity contribution is 5.81. The van der Waals surface area contributed by atoms with Crippen molar-refractivity contribution in [1.82, 2.24) is 28.9 Å². The van der Waals surface area contributed by atoms with Gasteiger partial charge in [-0.15, -0.1) is 0 Å². The van der Waals surface area contributed by atoms with Gasteiger partial charge in [-0.1, -0.05) is 0 Å². The minimum absolute atomic E-state index is 0.0340. The van der Waals surface area contributed by atoms with Gasteiger partial charge in [0.25, 0.3) is 0 Å². The fourth-order valence-electron chi connectivity index (χ4n) is 5.02. The van der Waals surface area contributed by atoms with Crippen LogP contribution in [0.15, 0.2) is 43.0 Å². The van der Waals surface area contributed by atoms with Crippen LogP contribution < -0.4 is 4.90 Å². The Bertz CT molecular complexity index is 1270. The Labute approximate surface area is 192 Å². The van der Waals surface area contributed by atoms with Gasteiger partial charge in [-0.2, -0.15) is 10.2 Å². The van der Waals surface area contributed by atoms with Crippen LogP contribution in [0.3, 0.4) is 0 Å². The Morgan fingerprint density at radius 2 is 1.91 bits per heavy atom. The van der Waals surface area contributed by atoms with E-state index in [9.17, 15) is 0 Å². The second kappa shape index (κ2) is 8.31. The molecule has 0 aromatic carbocycles. The highest BCUT2D eigenvalue weighted by Crippen LogP contribution is 2.34. The second-order valence-corrected chi connectivity index (χ2v) is 8.89. The summed E-state index contributed by atoms with van der Waals surface area (Å²) >= 11 is 0. The van der Waals surface area contributed by atoms with Gasteiger partial charge in [-0.05, 0) is 44.4 Å². The van der Waals surface area contributed by atoms with Crippen molar-refractivity contribution in [2.24, 2.45) is 7.05 Å². The molecule has 0 spiro atoms. The molecule has 0 bridgehead atoms. The second-order valence-electron chi connectivity index (χ2n) is 8.89. The van der Waals surface area contributed by atoms with Crippen LogP contribution in [-0.2, 0) is 16.5 Å². The third-order valence-electron chi connectivity index (χ3n) is 6.75. The van der Waals surface area contributed by atoms with E-state index in [4.69, 9.17) is 14.5 Å². The SMILES string of the molecule is C[C@@H]1COCCN1c1cc(-c2ccnn2C)c2ncc(-c3ccnn3C3CCCCO3)n2c1. The highest BCUT2D eigenvalue weighted by Gasteiger charge is 2.25. The highest BCUT2D eigenvalue weighted by atomic mass is 16.5. The summed E-state index contributed by atoms with van der Waals surface area (Å²) in [5.74, 6) is 0. The van der Waals surface area contributed by atoms with Gasteiger partial charge in [0.05, 0.1) is 42.2 Å². The summed E-state index contributed by atoms with van der Waals surface area (Å²) in [7, 11) is 1.97. The molecule has 0 amide bonds. The predicted molar refractivity (Wildman–Crippen MR) is 125 cm³/mol. The molecular weight excluding hydrogens is 418 g/mol. The van der Waals surface area contributed by atoms with E-state index >= 15 is 0 Å². The molecule has 2 fully saturated rings. The quantitative estimate of drug-likeness (QED) is 0.477. The van der Waals surface area contributed by atoms with Crippen LogP contribution in [-0.4, -0.2) is 61.4 Å². The van der Waals surface area contributed by atoms with E-state index in [2.05, 4.69) is 44.8 Å². The lowest BCUT2D eigenvalue weighted by atomic mass is 10.1. The number of ether oxygens (including phenoxy) is 2. The number of morpholine rings is 1. The summed E-state index contributed by atoms with van der Waals surface area (Å²) in [5.41, 5.74) is 6.14. The van der Waals surface area contributed by atoms with Crippen LogP contribution in [0.4, 0.5) is 5.69 Å². The molecule has 4 aromatic rings. The fraction of sp³-hybridized carbons (Fsp3) is 0.458. The van der Waals surface area contributed by atoms with Crippen molar-refractivity contribution in [1.29, 1.82) is 0 Å². The van der Waals surface area contributed by atoms with E-state index in [1.54, 1.807) is 0 Å². The minimum Gasteiger partial charge on any atom is -0.377 e. The summed E-state index contributed by atoms with van der Waals surface area (Å²) in [4.78, 5) is 7.27. The first-order valence-corrected chi connectivity index (χ1v) is 11.7. The van der Waals surface area contributed by atoms with Gasteiger partial charge in [0, 0.05) is 50.4 Å². The van der Waals surface area contributed by atoms with E-state index in [-0.39, 0.29) is 6.23 Å². The third kappa shape index (κ3) is 3.52. The zero-order valence-electron chi connectivity index (χ0n) is 19.1. The molecule has 2 aliphatic rings. The van der Waals surface area contributed by atoms with Crippen LogP contribution in [0.5, 0.6) is 0 Å². The topological polar surface area (TPSA) is 74.6 Å². The first-order chi connectivity index (χ1) is 16.2. The van der Waals surface area contributed by atoms with Gasteiger partial charge in [0.2, 0.25) is 0 Å². The molecule has 2 saturated heterocycles. The van der Waals surface area contributed by atoms with Crippen molar-refractivity contribution < 1.29 is 9.47 Å². The van der Waals surface area contributed by atoms with Crippen LogP contribution in [0, 0.1) is 0 Å². The van der Waals surface area contributed by atoms with E-state index in [1.807, 2.05) is 41.1 Å². The van der Waals surface area contributed by atoms with Crippen LogP contribution in [0.2, 0.25) is 0 Å². The standard InChI is InChI=1S/C24H29N7O2/c1-17-16-32-12-10-29(17)18-13-19(20-6-8-26-28(20)2)24-25-14-22(30(24)15-18)21-7-9-27-31(21)23-5-3-4-11-33-23/h6-9,13-15,17,23H,3-5,10-12,16H2,1-2H3/t17-,23?/m1/s1. The van der Waals surface area contributed by atoms with Gasteiger partial charge in [-0.3, -0.25) is 9.08 Å². The maximum Gasteiger partial charge on any atom is 0.150 e. The lowest BCUT2D eigenvalue weighted by Gasteiger charge is -2.35. The molecule has 2 aliphatic heterocycles. The number of fused-ring (bicyclic) bond motifs is 1. The Kier molecular flexibility index (Phi) is 5.15. The largest absolute Gasteiger partial charge is 0.377 e. The fourth-order valence-corrected chi connectivity index (χ4v) is 5.02. The monoisotopic (exact) mass is 447 g/mol. The summed E-state index contributed by atoms with van der Waals surface area (Å²) < 4.78 is 17.8. The van der Waals surface area contributed by atoms with Crippen LogP contribution in [0.25, 0.3) is 28.3 Å². The Balaban J connectivity index is 1.53. The third-order valence-corrected chi connectivity index (χ3v) is 6.75. The molecule has 9 heteroatoms. The lowest BCUT2D eigenvalue weighted by Crippen LogP contribution is -2.43. The number of imidazole rings is 1. The Morgan fingerprint density at radius 3 is 2.70 bits per heavy atom. The molecule has 0 aliphatic carbocycles. The number of anilines is 1. The minimum atomic E-state index is -0.0340. The van der Waals surface area contributed by atoms with Gasteiger partial charge in [-0.25, -0.2) is 9.67 Å². The summed E-state index contributed by atoms with van der Waals surface area (Å²) in [6.07, 6.45) is 11.0. The number of hydrogen-bond acceptors (Lipinski definition) is 6. The van der Waals surface area contributed by atoms with E-state index < -0.39 is 0 Å². The maximum atomic E-state index is 6.04. The molecule has 2 atom stereocenters. The molecule has 172 valence electrons. The van der Waals surface area contributed by atoms with Crippen LogP contribution in [0.1, 0.15) is 32.4 Å². The summed E-state index contributed by atoms with van der Waals surface area (Å²) in [5, 5.41) is 9.03. The van der Waals surface area contributed by atoms with Gasteiger partial charge >= 0.3 is 0 Å². The molecule has 6 heterocycles. The molecule has 0 N–H and O–H groups in total. The zero-order valence-corrected chi connectivity index (χ0v) is 19.1. The van der Waals surface area contributed by atoms with Crippen LogP contribution >= 0.6 is 0 Å². The smallest absolute Gasteiger partial charge is 0.150 e. The predicted octanol–water partition coefficient (Wildman–Crippen LogP) is 3.52. The average molecular weight is 448 g/mol. The van der Waals surface area contributed by atoms with Crippen molar-refractivity contribution in [2.75, 3.05) is 31.3 Å². The molecule has 0 saturated carbocycles. The Hall–Kier alpha value is -3.17. The molecular formula is C24H29N7O2. The maximum absolute atomic E-state index is 6.04. The summed E-state index contributed by atoms with van der Waals surface area (Å²) in [6, 6.07) is 6.61. The van der Waals surface area contributed by atoms with Gasteiger partial charge < -0.3 is 14.4 Å². The zero-order chi connectivity index (χ0) is 22.4. The van der Waals surface area contributed by atoms with Crippen molar-refractivity contribution >= 4 is 11.3 Å². The summed E-state index contributed by atoms with van der Waals surface area (Å²) in [6.45, 7) is 5.29. The normalized spacial score (nSPS) is 21.7. The molecule has 6 rings (SSSR count). The number of aromatic nitrogens is 6. The van der Waals surface area contributed by atoms with Gasteiger partial charge in [0.1, 0.15) is 5.65 Å².